The molecule has 3 N–H and O–H groups in total. The maximum Gasteiger partial charge on any atom is 0.410 e. The lowest BCUT2D eigenvalue weighted by atomic mass is 10.2. The van der Waals surface area contributed by atoms with Crippen LogP contribution in [0.15, 0.2) is 24.8 Å². The average molecular weight is 583 g/mol. The van der Waals surface area contributed by atoms with Gasteiger partial charge in [0.05, 0.1) is 45.6 Å². The quantitative estimate of drug-likeness (QED) is 0.262. The lowest BCUT2D eigenvalue weighted by Gasteiger charge is -2.27. The molecule has 12 nitrogen and oxygen atoms in total. The zero-order valence-corrected chi connectivity index (χ0v) is 24.0. The van der Waals surface area contributed by atoms with Gasteiger partial charge in [0, 0.05) is 25.5 Å². The molecule has 6 rings (SSSR count). The molecule has 2 aliphatic heterocycles. The fourth-order valence-corrected chi connectivity index (χ4v) is 6.92. The van der Waals surface area contributed by atoms with E-state index in [0.29, 0.717) is 18.9 Å². The predicted octanol–water partition coefficient (Wildman–Crippen LogP) is 5.93. The summed E-state index contributed by atoms with van der Waals surface area (Å²) >= 11 is 3.01. The number of ether oxygens (including phenoxy) is 1. The molecule has 2 saturated heterocycles. The summed E-state index contributed by atoms with van der Waals surface area (Å²) in [6.45, 7) is 6.76. The van der Waals surface area contributed by atoms with E-state index in [4.69, 9.17) is 4.74 Å². The first-order valence-electron chi connectivity index (χ1n) is 13.2. The van der Waals surface area contributed by atoms with Crippen LogP contribution in [0.25, 0.3) is 31.2 Å². The van der Waals surface area contributed by atoms with Crippen LogP contribution < -0.4 is 0 Å². The summed E-state index contributed by atoms with van der Waals surface area (Å²) in [5.41, 5.74) is 1.09. The Labute approximate surface area is 238 Å². The SMILES string of the molecule is CC(C)(C)OC(=O)N1CCC[C@H]1c1ncc(-c2cnc(-c3ncc(-c4cnc(C5CCCN5C(=O)O)[nH]4)s3)s2)[nH]1. The molecule has 40 heavy (non-hydrogen) atoms. The molecule has 0 saturated carbocycles. The fourth-order valence-electron chi connectivity index (χ4n) is 5.13. The Balaban J connectivity index is 1.16. The van der Waals surface area contributed by atoms with Crippen molar-refractivity contribution in [2.75, 3.05) is 13.1 Å². The molecule has 210 valence electrons. The summed E-state index contributed by atoms with van der Waals surface area (Å²) in [5.74, 6) is 1.40. The van der Waals surface area contributed by atoms with Crippen molar-refractivity contribution in [3.63, 3.8) is 0 Å². The second-order valence-electron chi connectivity index (χ2n) is 10.9. The number of amides is 2. The molecular formula is C26H30N8O4S2. The zero-order valence-electron chi connectivity index (χ0n) is 22.4. The number of nitrogens with one attached hydrogen (secondary N) is 2. The Morgan fingerprint density at radius 3 is 1.85 bits per heavy atom. The largest absolute Gasteiger partial charge is 0.465 e. The summed E-state index contributed by atoms with van der Waals surface area (Å²) in [6.07, 6.45) is 9.14. The van der Waals surface area contributed by atoms with Crippen molar-refractivity contribution in [3.05, 3.63) is 36.4 Å². The van der Waals surface area contributed by atoms with Gasteiger partial charge >= 0.3 is 12.2 Å². The van der Waals surface area contributed by atoms with Crippen molar-refractivity contribution in [3.8, 4) is 31.2 Å². The standard InChI is InChI=1S/C26H30N8O4S2/c1-26(2,3)38-25(37)34-9-5-7-17(34)21-28-11-15(32-21)19-13-30-23(40-19)22-29-12-18(39-22)14-10-27-20(31-14)16-6-4-8-33(16)24(35)36/h10-13,16-17H,4-9H2,1-3H3,(H,27,31)(H,28,32)(H,35,36)/t16?,17-/m0/s1. The van der Waals surface area contributed by atoms with E-state index in [1.165, 1.54) is 27.6 Å². The van der Waals surface area contributed by atoms with E-state index in [1.807, 2.05) is 20.8 Å². The number of aromatic amines is 2. The molecule has 0 aliphatic carbocycles. The Morgan fingerprint density at radius 1 is 0.850 bits per heavy atom. The number of carboxylic acid groups (broad SMARTS) is 1. The van der Waals surface area contributed by atoms with E-state index in [0.717, 1.165) is 62.7 Å². The fraction of sp³-hybridized carbons (Fsp3) is 0.462. The lowest BCUT2D eigenvalue weighted by molar-refractivity contribution is 0.0218. The molecule has 0 aromatic carbocycles. The van der Waals surface area contributed by atoms with Crippen molar-refractivity contribution in [2.24, 2.45) is 0 Å². The first-order valence-corrected chi connectivity index (χ1v) is 14.8. The molecular weight excluding hydrogens is 552 g/mol. The number of H-pyrrole nitrogens is 2. The molecule has 0 spiro atoms. The predicted molar refractivity (Wildman–Crippen MR) is 150 cm³/mol. The third-order valence-electron chi connectivity index (χ3n) is 6.93. The molecule has 2 atom stereocenters. The summed E-state index contributed by atoms with van der Waals surface area (Å²) in [6, 6.07) is -0.400. The minimum atomic E-state index is -0.923. The van der Waals surface area contributed by atoms with E-state index in [9.17, 15) is 14.7 Å². The minimum absolute atomic E-state index is 0.149. The van der Waals surface area contributed by atoms with Gasteiger partial charge in [-0.2, -0.15) is 0 Å². The monoisotopic (exact) mass is 582 g/mol. The number of imidazole rings is 2. The van der Waals surface area contributed by atoms with Gasteiger partial charge in [-0.25, -0.2) is 29.5 Å². The van der Waals surface area contributed by atoms with Crippen molar-refractivity contribution in [2.45, 2.75) is 64.1 Å². The van der Waals surface area contributed by atoms with Gasteiger partial charge in [-0.15, -0.1) is 22.7 Å². The topological polar surface area (TPSA) is 153 Å². The Bertz CT molecular complexity index is 1530. The second kappa shape index (κ2) is 10.3. The smallest absolute Gasteiger partial charge is 0.410 e. The van der Waals surface area contributed by atoms with Crippen molar-refractivity contribution in [1.82, 2.24) is 39.7 Å². The number of aromatic nitrogens is 6. The van der Waals surface area contributed by atoms with Crippen molar-refractivity contribution in [1.29, 1.82) is 0 Å². The van der Waals surface area contributed by atoms with Gasteiger partial charge in [0.25, 0.3) is 0 Å². The number of thiazole rings is 2. The normalized spacial score (nSPS) is 19.5. The van der Waals surface area contributed by atoms with Gasteiger partial charge in [0.15, 0.2) is 10.0 Å². The van der Waals surface area contributed by atoms with Crippen LogP contribution in [0.3, 0.4) is 0 Å². The van der Waals surface area contributed by atoms with Crippen LogP contribution in [0.2, 0.25) is 0 Å². The molecule has 14 heteroatoms. The van der Waals surface area contributed by atoms with Gasteiger partial charge in [0.1, 0.15) is 17.2 Å². The summed E-state index contributed by atoms with van der Waals surface area (Å²) in [5, 5.41) is 11.0. The highest BCUT2D eigenvalue weighted by Crippen LogP contribution is 2.38. The molecule has 2 aliphatic rings. The third-order valence-corrected chi connectivity index (χ3v) is 9.13. The van der Waals surface area contributed by atoms with Gasteiger partial charge in [-0.3, -0.25) is 9.80 Å². The van der Waals surface area contributed by atoms with Crippen LogP contribution in [-0.4, -0.2) is 75.7 Å². The highest BCUT2D eigenvalue weighted by Gasteiger charge is 2.35. The van der Waals surface area contributed by atoms with Gasteiger partial charge in [-0.1, -0.05) is 0 Å². The highest BCUT2D eigenvalue weighted by atomic mass is 32.1. The number of hydrogen-bond donors (Lipinski definition) is 3. The first-order chi connectivity index (χ1) is 19.2. The van der Waals surface area contributed by atoms with E-state index in [2.05, 4.69) is 29.9 Å². The molecule has 0 radical (unpaired) electrons. The third kappa shape index (κ3) is 5.20. The second-order valence-corrected chi connectivity index (χ2v) is 13.0. The van der Waals surface area contributed by atoms with E-state index in [1.54, 1.807) is 29.7 Å². The maximum absolute atomic E-state index is 12.7. The van der Waals surface area contributed by atoms with Crippen LogP contribution in [0.1, 0.15) is 70.2 Å². The molecule has 1 unspecified atom stereocenters. The van der Waals surface area contributed by atoms with Gasteiger partial charge in [0.2, 0.25) is 0 Å². The van der Waals surface area contributed by atoms with Crippen LogP contribution in [0, 0.1) is 0 Å². The molecule has 0 bridgehead atoms. The lowest BCUT2D eigenvalue weighted by Crippen LogP contribution is -2.36. The van der Waals surface area contributed by atoms with Crippen LogP contribution >= 0.6 is 22.7 Å². The highest BCUT2D eigenvalue weighted by molar-refractivity contribution is 7.24. The number of rotatable bonds is 5. The van der Waals surface area contributed by atoms with E-state index < -0.39 is 11.7 Å². The molecule has 2 fully saturated rings. The van der Waals surface area contributed by atoms with Gasteiger partial charge in [-0.05, 0) is 46.5 Å². The average Bonchev–Trinajstić information content (AvgIpc) is 3.74. The van der Waals surface area contributed by atoms with E-state index in [-0.39, 0.29) is 18.2 Å². The number of hydrogen-bond acceptors (Lipinski definition) is 9. The number of nitrogens with zero attached hydrogens (tertiary/aromatic N) is 6. The van der Waals surface area contributed by atoms with Crippen LogP contribution in [-0.2, 0) is 4.74 Å². The zero-order chi connectivity index (χ0) is 28.0. The summed E-state index contributed by atoms with van der Waals surface area (Å²) in [7, 11) is 0. The molecule has 4 aromatic rings. The summed E-state index contributed by atoms with van der Waals surface area (Å²) < 4.78 is 5.59. The van der Waals surface area contributed by atoms with Crippen LogP contribution in [0.5, 0.6) is 0 Å². The maximum atomic E-state index is 12.7. The Kier molecular flexibility index (Phi) is 6.82. The van der Waals surface area contributed by atoms with Crippen molar-refractivity contribution < 1.29 is 19.4 Å². The van der Waals surface area contributed by atoms with Crippen molar-refractivity contribution >= 4 is 34.9 Å². The molecule has 6 heterocycles. The molecule has 2 amide bonds. The van der Waals surface area contributed by atoms with Crippen LogP contribution in [0.4, 0.5) is 9.59 Å². The Hall–Kier alpha value is -3.78. The number of carbonyl (C=O) groups excluding carboxylic acids is 1. The Morgan fingerprint density at radius 2 is 1.35 bits per heavy atom. The number of carbonyl (C=O) groups is 2. The minimum Gasteiger partial charge on any atom is -0.465 e. The number of likely N-dealkylation sites (tertiary alicyclic amines) is 2. The van der Waals surface area contributed by atoms with E-state index >= 15 is 0 Å². The first kappa shape index (κ1) is 26.4. The summed E-state index contributed by atoms with van der Waals surface area (Å²) in [4.78, 5) is 54.1. The molecule has 4 aromatic heterocycles. The van der Waals surface area contributed by atoms with Gasteiger partial charge < -0.3 is 19.8 Å².